The van der Waals surface area contributed by atoms with E-state index in [1.54, 1.807) is 37.6 Å². The van der Waals surface area contributed by atoms with E-state index in [9.17, 15) is 9.59 Å². The molecule has 10 heteroatoms. The largest absolute Gasteiger partial charge is 0.484 e. The molecule has 4 unspecified atom stereocenters. The first-order valence-corrected chi connectivity index (χ1v) is 19.0. The third kappa shape index (κ3) is 12.4. The molecule has 50 heavy (non-hydrogen) atoms. The highest BCUT2D eigenvalue weighted by Gasteiger charge is 2.25. The van der Waals surface area contributed by atoms with E-state index in [1.807, 2.05) is 109 Å². The standard InChI is InChI=1S/C40H48N2O6S2/c1-5-49-35-23-15-13-21-31(35)45-33(29-17-9-7-10-18-29)27-37(41-3)47-39(43)25-26-40(44)48-38(42-4)28-34(30-19-11-8-12-20-30)46-32-22-14-16-24-36(32)50-6-2/h7-24,33-34,37-38,41-42H,5-6,25-28H2,1-4H3. The van der Waals surface area contributed by atoms with Gasteiger partial charge in [0, 0.05) is 22.6 Å². The number of carbonyl (C=O) groups excluding carboxylic acids is 2. The van der Waals surface area contributed by atoms with E-state index in [0.717, 1.165) is 43.9 Å². The van der Waals surface area contributed by atoms with Crippen LogP contribution in [0.4, 0.5) is 0 Å². The molecule has 0 saturated carbocycles. The summed E-state index contributed by atoms with van der Waals surface area (Å²) in [5, 5.41) is 6.17. The lowest BCUT2D eigenvalue weighted by Crippen LogP contribution is -2.35. The van der Waals surface area contributed by atoms with Gasteiger partial charge in [-0.05, 0) is 61.0 Å². The normalized spacial score (nSPS) is 13.4. The fourth-order valence-electron chi connectivity index (χ4n) is 5.27. The average molecular weight is 717 g/mol. The van der Waals surface area contributed by atoms with Crippen molar-refractivity contribution >= 4 is 35.5 Å². The number of nitrogens with one attached hydrogen (secondary N) is 2. The molecule has 0 aliphatic carbocycles. The molecule has 0 aromatic heterocycles. The summed E-state index contributed by atoms with van der Waals surface area (Å²) in [6, 6.07) is 35.6. The predicted octanol–water partition coefficient (Wildman–Crippen LogP) is 8.59. The quantitative estimate of drug-likeness (QED) is 0.0496. The molecule has 0 spiro atoms. The molecule has 4 aromatic rings. The molecule has 2 N–H and O–H groups in total. The Bertz CT molecular complexity index is 1470. The first kappa shape index (κ1) is 38.8. The van der Waals surface area contributed by atoms with Crippen LogP contribution in [-0.4, -0.2) is 50.0 Å². The Kier molecular flexibility index (Phi) is 16.5. The van der Waals surface area contributed by atoms with E-state index >= 15 is 0 Å². The summed E-state index contributed by atoms with van der Waals surface area (Å²) < 4.78 is 24.6. The first-order valence-electron chi connectivity index (χ1n) is 17.0. The topological polar surface area (TPSA) is 95.1 Å². The van der Waals surface area contributed by atoms with Gasteiger partial charge in [0.15, 0.2) is 12.5 Å². The van der Waals surface area contributed by atoms with Crippen molar-refractivity contribution in [3.05, 3.63) is 120 Å². The number of hydrogen-bond donors (Lipinski definition) is 2. The van der Waals surface area contributed by atoms with E-state index in [0.29, 0.717) is 12.8 Å². The Morgan fingerprint density at radius 1 is 0.560 bits per heavy atom. The molecule has 0 radical (unpaired) electrons. The summed E-state index contributed by atoms with van der Waals surface area (Å²) in [5.74, 6) is 2.37. The Hall–Kier alpha value is -3.96. The van der Waals surface area contributed by atoms with E-state index < -0.39 is 24.4 Å². The zero-order chi connectivity index (χ0) is 35.6. The summed E-state index contributed by atoms with van der Waals surface area (Å²) in [5.41, 5.74) is 1.93. The Morgan fingerprint density at radius 2 is 0.920 bits per heavy atom. The zero-order valence-electron chi connectivity index (χ0n) is 29.2. The van der Waals surface area contributed by atoms with Crippen molar-refractivity contribution in [3.8, 4) is 11.5 Å². The minimum atomic E-state index is -0.641. The SMILES string of the molecule is CCSc1ccccc1OC(CC(NC)OC(=O)CCC(=O)OC(CC(Oc1ccccc1SCC)c1ccccc1)NC)c1ccccc1. The van der Waals surface area contributed by atoms with Crippen molar-refractivity contribution in [3.63, 3.8) is 0 Å². The molecule has 0 saturated heterocycles. The van der Waals surface area contributed by atoms with E-state index in [2.05, 4.69) is 24.5 Å². The van der Waals surface area contributed by atoms with Crippen LogP contribution in [0.3, 0.4) is 0 Å². The smallest absolute Gasteiger partial charge is 0.307 e. The van der Waals surface area contributed by atoms with Crippen molar-refractivity contribution in [1.82, 2.24) is 10.6 Å². The zero-order valence-corrected chi connectivity index (χ0v) is 30.8. The summed E-state index contributed by atoms with van der Waals surface area (Å²) in [7, 11) is 3.47. The van der Waals surface area contributed by atoms with Crippen molar-refractivity contribution in [1.29, 1.82) is 0 Å². The van der Waals surface area contributed by atoms with Gasteiger partial charge in [-0.25, -0.2) is 0 Å². The highest BCUT2D eigenvalue weighted by molar-refractivity contribution is 7.99. The van der Waals surface area contributed by atoms with Gasteiger partial charge in [-0.2, -0.15) is 0 Å². The summed E-state index contributed by atoms with van der Waals surface area (Å²) >= 11 is 3.42. The highest BCUT2D eigenvalue weighted by atomic mass is 32.2. The molecular weight excluding hydrogens is 669 g/mol. The molecular formula is C40H48N2O6S2. The summed E-state index contributed by atoms with van der Waals surface area (Å²) in [6.07, 6.45) is -1.56. The second kappa shape index (κ2) is 21.3. The van der Waals surface area contributed by atoms with Crippen LogP contribution in [0.5, 0.6) is 11.5 Å². The van der Waals surface area contributed by atoms with E-state index in [-0.39, 0.29) is 25.0 Å². The van der Waals surface area contributed by atoms with Gasteiger partial charge in [-0.15, -0.1) is 23.5 Å². The summed E-state index contributed by atoms with van der Waals surface area (Å²) in [4.78, 5) is 28.1. The Balaban J connectivity index is 1.35. The minimum Gasteiger partial charge on any atom is -0.484 e. The van der Waals surface area contributed by atoms with Crippen molar-refractivity contribution in [2.75, 3.05) is 25.6 Å². The highest BCUT2D eigenvalue weighted by Crippen LogP contribution is 2.35. The van der Waals surface area contributed by atoms with Crippen LogP contribution >= 0.6 is 23.5 Å². The average Bonchev–Trinajstić information content (AvgIpc) is 3.15. The van der Waals surface area contributed by atoms with E-state index in [1.165, 1.54) is 0 Å². The molecule has 266 valence electrons. The predicted molar refractivity (Wildman–Crippen MR) is 202 cm³/mol. The molecule has 0 heterocycles. The van der Waals surface area contributed by atoms with Crippen LogP contribution in [0.2, 0.25) is 0 Å². The van der Waals surface area contributed by atoms with Gasteiger partial charge in [0.05, 0.1) is 12.8 Å². The van der Waals surface area contributed by atoms with Crippen LogP contribution in [-0.2, 0) is 19.1 Å². The van der Waals surface area contributed by atoms with Gasteiger partial charge in [0.1, 0.15) is 23.7 Å². The van der Waals surface area contributed by atoms with Crippen LogP contribution in [0.1, 0.15) is 62.9 Å². The number of benzene rings is 4. The van der Waals surface area contributed by atoms with Crippen LogP contribution in [0.15, 0.2) is 119 Å². The first-order chi connectivity index (χ1) is 24.4. The number of rotatable bonds is 21. The monoisotopic (exact) mass is 716 g/mol. The number of carbonyl (C=O) groups is 2. The van der Waals surface area contributed by atoms with Crippen molar-refractivity contribution in [2.45, 2.75) is 74.0 Å². The fourth-order valence-corrected chi connectivity index (χ4v) is 6.76. The van der Waals surface area contributed by atoms with E-state index in [4.69, 9.17) is 18.9 Å². The van der Waals surface area contributed by atoms with Gasteiger partial charge in [0.25, 0.3) is 0 Å². The molecule has 0 amide bonds. The number of hydrogen-bond acceptors (Lipinski definition) is 10. The van der Waals surface area contributed by atoms with Gasteiger partial charge in [-0.1, -0.05) is 98.8 Å². The van der Waals surface area contributed by atoms with Gasteiger partial charge >= 0.3 is 11.9 Å². The molecule has 0 aliphatic rings. The number of para-hydroxylation sites is 2. The number of esters is 2. The van der Waals surface area contributed by atoms with Crippen molar-refractivity contribution < 1.29 is 28.5 Å². The lowest BCUT2D eigenvalue weighted by molar-refractivity contribution is -0.159. The Morgan fingerprint density at radius 3 is 1.28 bits per heavy atom. The molecule has 4 aromatic carbocycles. The summed E-state index contributed by atoms with van der Waals surface area (Å²) in [6.45, 7) is 4.20. The van der Waals surface area contributed by atoms with Crippen LogP contribution in [0.25, 0.3) is 0 Å². The maximum absolute atomic E-state index is 13.0. The molecule has 4 atom stereocenters. The molecule has 0 aliphatic heterocycles. The van der Waals surface area contributed by atoms with Crippen LogP contribution in [0, 0.1) is 0 Å². The second-order valence-electron chi connectivity index (χ2n) is 11.3. The lowest BCUT2D eigenvalue weighted by Gasteiger charge is -2.26. The lowest BCUT2D eigenvalue weighted by atomic mass is 10.1. The molecule has 0 fully saturated rings. The number of ether oxygens (including phenoxy) is 4. The van der Waals surface area contributed by atoms with Gasteiger partial charge in [-0.3, -0.25) is 20.2 Å². The molecule has 0 bridgehead atoms. The molecule has 8 nitrogen and oxygen atoms in total. The maximum Gasteiger partial charge on any atom is 0.307 e. The van der Waals surface area contributed by atoms with Gasteiger partial charge < -0.3 is 18.9 Å². The Labute approximate surface area is 305 Å². The number of thioether (sulfide) groups is 2. The third-order valence-corrected chi connectivity index (χ3v) is 9.63. The minimum absolute atomic E-state index is 0.124. The fraction of sp³-hybridized carbons (Fsp3) is 0.350. The van der Waals surface area contributed by atoms with Crippen molar-refractivity contribution in [2.24, 2.45) is 0 Å². The molecule has 4 rings (SSSR count). The second-order valence-corrected chi connectivity index (χ2v) is 13.9. The maximum atomic E-state index is 13.0. The van der Waals surface area contributed by atoms with Crippen LogP contribution < -0.4 is 20.1 Å². The van der Waals surface area contributed by atoms with Gasteiger partial charge in [0.2, 0.25) is 0 Å². The third-order valence-electron chi connectivity index (χ3n) is 7.76.